The van der Waals surface area contributed by atoms with E-state index in [-0.39, 0.29) is 0 Å². The maximum absolute atomic E-state index is 13.0. The Bertz CT molecular complexity index is 440. The number of halogens is 4. The lowest BCUT2D eigenvalue weighted by atomic mass is 10.1. The standard InChI is InChI=1S/C13H16BrF3N2/c1-18-4-6-19(7-5-18)9-10-2-3-11(14)8-12(10)13(15,16)17/h2-3,8H,4-7,9H2,1H3. The zero-order chi connectivity index (χ0) is 14.0. The predicted octanol–water partition coefficient (Wildman–Crippen LogP) is 3.22. The van der Waals surface area contributed by atoms with Gasteiger partial charge in [-0.05, 0) is 24.7 Å². The largest absolute Gasteiger partial charge is 0.416 e. The fourth-order valence-corrected chi connectivity index (χ4v) is 2.56. The first-order valence-corrected chi connectivity index (χ1v) is 6.92. The van der Waals surface area contributed by atoms with Crippen molar-refractivity contribution in [1.82, 2.24) is 9.80 Å². The van der Waals surface area contributed by atoms with E-state index in [1.165, 1.54) is 0 Å². The van der Waals surface area contributed by atoms with E-state index in [9.17, 15) is 13.2 Å². The second kappa shape index (κ2) is 5.81. The Morgan fingerprint density at radius 1 is 1.16 bits per heavy atom. The van der Waals surface area contributed by atoms with Gasteiger partial charge in [0.05, 0.1) is 5.56 Å². The highest BCUT2D eigenvalue weighted by Crippen LogP contribution is 2.34. The summed E-state index contributed by atoms with van der Waals surface area (Å²) in [6, 6.07) is 4.39. The number of piperazine rings is 1. The van der Waals surface area contributed by atoms with Crippen LogP contribution in [0, 0.1) is 0 Å². The Morgan fingerprint density at radius 3 is 2.37 bits per heavy atom. The Balaban J connectivity index is 2.16. The minimum absolute atomic E-state index is 0.347. The number of hydrogen-bond acceptors (Lipinski definition) is 2. The van der Waals surface area contributed by atoms with Crippen LogP contribution in [0.3, 0.4) is 0 Å². The summed E-state index contributed by atoms with van der Waals surface area (Å²) in [6.07, 6.45) is -4.30. The molecule has 2 rings (SSSR count). The third-order valence-electron chi connectivity index (χ3n) is 3.37. The molecule has 0 amide bonds. The van der Waals surface area contributed by atoms with Crippen LogP contribution in [0.2, 0.25) is 0 Å². The fraction of sp³-hybridized carbons (Fsp3) is 0.538. The molecule has 1 heterocycles. The molecule has 2 nitrogen and oxygen atoms in total. The van der Waals surface area contributed by atoms with E-state index in [2.05, 4.69) is 25.7 Å². The van der Waals surface area contributed by atoms with E-state index >= 15 is 0 Å². The minimum Gasteiger partial charge on any atom is -0.304 e. The maximum Gasteiger partial charge on any atom is 0.416 e. The van der Waals surface area contributed by atoms with E-state index in [0.29, 0.717) is 16.6 Å². The van der Waals surface area contributed by atoms with E-state index in [0.717, 1.165) is 32.2 Å². The first-order chi connectivity index (χ1) is 8.86. The van der Waals surface area contributed by atoms with Gasteiger partial charge in [-0.25, -0.2) is 0 Å². The van der Waals surface area contributed by atoms with E-state index in [1.54, 1.807) is 12.1 Å². The molecule has 1 aliphatic rings. The summed E-state index contributed by atoms with van der Waals surface area (Å²) in [4.78, 5) is 4.25. The highest BCUT2D eigenvalue weighted by Gasteiger charge is 2.33. The van der Waals surface area contributed by atoms with Crippen LogP contribution < -0.4 is 0 Å². The summed E-state index contributed by atoms with van der Waals surface area (Å²) in [5.74, 6) is 0. The molecule has 0 N–H and O–H groups in total. The van der Waals surface area contributed by atoms with Crippen molar-refractivity contribution >= 4 is 15.9 Å². The molecule has 106 valence electrons. The van der Waals surface area contributed by atoms with Gasteiger partial charge in [-0.15, -0.1) is 0 Å². The van der Waals surface area contributed by atoms with E-state index in [1.807, 2.05) is 7.05 Å². The van der Waals surface area contributed by atoms with Crippen molar-refractivity contribution in [3.8, 4) is 0 Å². The summed E-state index contributed by atoms with van der Waals surface area (Å²) < 4.78 is 39.5. The number of likely N-dealkylation sites (N-methyl/N-ethyl adjacent to an activating group) is 1. The van der Waals surface area contributed by atoms with Crippen molar-refractivity contribution in [2.75, 3.05) is 33.2 Å². The van der Waals surface area contributed by atoms with Crippen molar-refractivity contribution in [3.63, 3.8) is 0 Å². The van der Waals surface area contributed by atoms with Crippen molar-refractivity contribution in [3.05, 3.63) is 33.8 Å². The normalized spacial score (nSPS) is 18.8. The molecule has 0 saturated carbocycles. The van der Waals surface area contributed by atoms with Crippen LogP contribution in [0.5, 0.6) is 0 Å². The van der Waals surface area contributed by atoms with Gasteiger partial charge in [0.1, 0.15) is 0 Å². The van der Waals surface area contributed by atoms with Gasteiger partial charge in [0.2, 0.25) is 0 Å². The van der Waals surface area contributed by atoms with Crippen molar-refractivity contribution in [2.45, 2.75) is 12.7 Å². The van der Waals surface area contributed by atoms with Gasteiger partial charge in [0.15, 0.2) is 0 Å². The zero-order valence-electron chi connectivity index (χ0n) is 10.7. The van der Waals surface area contributed by atoms with Gasteiger partial charge in [0, 0.05) is 37.2 Å². The monoisotopic (exact) mass is 336 g/mol. The number of alkyl halides is 3. The van der Waals surface area contributed by atoms with Crippen molar-refractivity contribution in [1.29, 1.82) is 0 Å². The summed E-state index contributed by atoms with van der Waals surface area (Å²) in [6.45, 7) is 3.78. The zero-order valence-corrected chi connectivity index (χ0v) is 12.3. The highest BCUT2D eigenvalue weighted by atomic mass is 79.9. The minimum atomic E-state index is -4.30. The molecule has 6 heteroatoms. The smallest absolute Gasteiger partial charge is 0.304 e. The maximum atomic E-state index is 13.0. The molecule has 0 bridgehead atoms. The molecule has 0 radical (unpaired) electrons. The molecular formula is C13H16BrF3N2. The number of benzene rings is 1. The van der Waals surface area contributed by atoms with Gasteiger partial charge in [-0.1, -0.05) is 22.0 Å². The third kappa shape index (κ3) is 3.94. The van der Waals surface area contributed by atoms with Crippen molar-refractivity contribution < 1.29 is 13.2 Å². The molecule has 0 spiro atoms. The summed E-state index contributed by atoms with van der Waals surface area (Å²) >= 11 is 3.10. The first-order valence-electron chi connectivity index (χ1n) is 6.13. The van der Waals surface area contributed by atoms with Gasteiger partial charge >= 0.3 is 6.18 Å². The van der Waals surface area contributed by atoms with Gasteiger partial charge < -0.3 is 4.90 Å². The molecule has 19 heavy (non-hydrogen) atoms. The van der Waals surface area contributed by atoms with Crippen LogP contribution in [-0.4, -0.2) is 43.0 Å². The molecule has 1 fully saturated rings. The summed E-state index contributed by atoms with van der Waals surface area (Å²) in [7, 11) is 2.03. The molecule has 1 aromatic rings. The van der Waals surface area contributed by atoms with E-state index < -0.39 is 11.7 Å². The lowest BCUT2D eigenvalue weighted by molar-refractivity contribution is -0.138. The molecule has 0 aliphatic carbocycles. The summed E-state index contributed by atoms with van der Waals surface area (Å²) in [5.41, 5.74) is -0.193. The Hall–Kier alpha value is -0.590. The van der Waals surface area contributed by atoms with Crippen LogP contribution in [0.4, 0.5) is 13.2 Å². The quantitative estimate of drug-likeness (QED) is 0.818. The molecule has 1 aromatic carbocycles. The topological polar surface area (TPSA) is 6.48 Å². The Morgan fingerprint density at radius 2 is 1.79 bits per heavy atom. The number of hydrogen-bond donors (Lipinski definition) is 0. The second-order valence-corrected chi connectivity index (χ2v) is 5.79. The average Bonchev–Trinajstić information content (AvgIpc) is 2.33. The van der Waals surface area contributed by atoms with E-state index in [4.69, 9.17) is 0 Å². The second-order valence-electron chi connectivity index (χ2n) is 4.88. The third-order valence-corrected chi connectivity index (χ3v) is 3.86. The van der Waals surface area contributed by atoms with Crippen LogP contribution in [-0.2, 0) is 12.7 Å². The van der Waals surface area contributed by atoms with Crippen molar-refractivity contribution in [2.24, 2.45) is 0 Å². The van der Waals surface area contributed by atoms with Crippen LogP contribution in [0.15, 0.2) is 22.7 Å². The molecule has 0 atom stereocenters. The van der Waals surface area contributed by atoms with Crippen LogP contribution in [0.1, 0.15) is 11.1 Å². The lowest BCUT2D eigenvalue weighted by Gasteiger charge is -2.32. The SMILES string of the molecule is CN1CCN(Cc2ccc(Br)cc2C(F)(F)F)CC1. The molecular weight excluding hydrogens is 321 g/mol. The molecule has 0 aromatic heterocycles. The average molecular weight is 337 g/mol. The van der Waals surface area contributed by atoms with Crippen LogP contribution in [0.25, 0.3) is 0 Å². The number of rotatable bonds is 2. The number of nitrogens with zero attached hydrogens (tertiary/aromatic N) is 2. The van der Waals surface area contributed by atoms with Gasteiger partial charge in [-0.3, -0.25) is 4.90 Å². The Labute approximate surface area is 119 Å². The lowest BCUT2D eigenvalue weighted by Crippen LogP contribution is -2.44. The first kappa shape index (κ1) is 14.8. The van der Waals surface area contributed by atoms with Gasteiger partial charge in [-0.2, -0.15) is 13.2 Å². The van der Waals surface area contributed by atoms with Crippen LogP contribution >= 0.6 is 15.9 Å². The molecule has 0 unspecified atom stereocenters. The fourth-order valence-electron chi connectivity index (χ4n) is 2.20. The Kier molecular flexibility index (Phi) is 4.53. The summed E-state index contributed by atoms with van der Waals surface area (Å²) in [5, 5.41) is 0. The molecule has 1 saturated heterocycles. The predicted molar refractivity (Wildman–Crippen MR) is 71.9 cm³/mol. The highest BCUT2D eigenvalue weighted by molar-refractivity contribution is 9.10. The van der Waals surface area contributed by atoms with Gasteiger partial charge in [0.25, 0.3) is 0 Å². The molecule has 1 aliphatic heterocycles.